The molecule has 0 bridgehead atoms. The number of anilines is 1. The van der Waals surface area contributed by atoms with Crippen molar-refractivity contribution in [3.05, 3.63) is 71.3 Å². The number of nitrogens with one attached hydrogen (secondary N) is 1. The molecular formula is C20H20N4O3. The predicted molar refractivity (Wildman–Crippen MR) is 99.4 cm³/mol. The van der Waals surface area contributed by atoms with Crippen LogP contribution in [0.15, 0.2) is 53.1 Å². The van der Waals surface area contributed by atoms with Crippen LogP contribution in [-0.4, -0.2) is 33.0 Å². The van der Waals surface area contributed by atoms with Gasteiger partial charge < -0.3 is 14.6 Å². The minimum atomic E-state index is -0.206. The lowest BCUT2D eigenvalue weighted by atomic mass is 10.2. The maximum absolute atomic E-state index is 12.7. The Bertz CT molecular complexity index is 974. The highest BCUT2D eigenvalue weighted by molar-refractivity contribution is 6.03. The summed E-state index contributed by atoms with van der Waals surface area (Å²) in [7, 11) is 0. The van der Waals surface area contributed by atoms with E-state index in [9.17, 15) is 9.59 Å². The average molecular weight is 364 g/mol. The lowest BCUT2D eigenvalue weighted by molar-refractivity contribution is 0.0712. The Morgan fingerprint density at radius 1 is 1.15 bits per heavy atom. The molecule has 0 radical (unpaired) electrons. The number of carbonyl (C=O) groups excluding carboxylic acids is 2. The third-order valence-electron chi connectivity index (χ3n) is 4.64. The second-order valence-electron chi connectivity index (χ2n) is 6.58. The number of fused-ring (bicyclic) bond motifs is 1. The van der Waals surface area contributed by atoms with E-state index in [0.717, 1.165) is 17.7 Å². The Morgan fingerprint density at radius 2 is 1.96 bits per heavy atom. The SMILES string of the molecule is Cc1ccoc1C(=O)N1CCCn2nc(NC(=O)c3ccccc3)cc2C1. The molecule has 2 amide bonds. The van der Waals surface area contributed by atoms with Crippen molar-refractivity contribution in [1.82, 2.24) is 14.7 Å². The summed E-state index contributed by atoms with van der Waals surface area (Å²) < 4.78 is 7.19. The average Bonchev–Trinajstić information content (AvgIpc) is 3.21. The molecule has 7 nitrogen and oxygen atoms in total. The third-order valence-corrected chi connectivity index (χ3v) is 4.64. The second kappa shape index (κ2) is 7.11. The molecule has 1 aliphatic heterocycles. The molecule has 1 N–H and O–H groups in total. The summed E-state index contributed by atoms with van der Waals surface area (Å²) in [6, 6.07) is 12.6. The highest BCUT2D eigenvalue weighted by atomic mass is 16.3. The fraction of sp³-hybridized carbons (Fsp3) is 0.250. The van der Waals surface area contributed by atoms with Crippen molar-refractivity contribution in [3.63, 3.8) is 0 Å². The fourth-order valence-corrected chi connectivity index (χ4v) is 3.21. The smallest absolute Gasteiger partial charge is 0.290 e. The third kappa shape index (κ3) is 3.48. The number of rotatable bonds is 3. The van der Waals surface area contributed by atoms with E-state index < -0.39 is 0 Å². The molecule has 0 unspecified atom stereocenters. The molecule has 0 atom stereocenters. The van der Waals surface area contributed by atoms with Gasteiger partial charge in [0.25, 0.3) is 11.8 Å². The molecule has 3 aromatic rings. The van der Waals surface area contributed by atoms with E-state index >= 15 is 0 Å². The van der Waals surface area contributed by atoms with Gasteiger partial charge in [0, 0.05) is 30.3 Å². The molecule has 27 heavy (non-hydrogen) atoms. The van der Waals surface area contributed by atoms with Gasteiger partial charge in [0.1, 0.15) is 0 Å². The minimum absolute atomic E-state index is 0.123. The zero-order chi connectivity index (χ0) is 18.8. The molecule has 4 rings (SSSR count). The maximum Gasteiger partial charge on any atom is 0.290 e. The Labute approximate surface area is 156 Å². The van der Waals surface area contributed by atoms with E-state index in [1.54, 1.807) is 23.1 Å². The van der Waals surface area contributed by atoms with Crippen molar-refractivity contribution in [2.45, 2.75) is 26.4 Å². The van der Waals surface area contributed by atoms with Crippen LogP contribution < -0.4 is 5.32 Å². The Hall–Kier alpha value is -3.35. The number of aromatic nitrogens is 2. The van der Waals surface area contributed by atoms with E-state index in [-0.39, 0.29) is 11.8 Å². The van der Waals surface area contributed by atoms with Gasteiger partial charge in [-0.1, -0.05) is 18.2 Å². The van der Waals surface area contributed by atoms with Crippen LogP contribution in [0.25, 0.3) is 0 Å². The maximum atomic E-state index is 12.7. The number of nitrogens with zero attached hydrogens (tertiary/aromatic N) is 3. The summed E-state index contributed by atoms with van der Waals surface area (Å²) in [5.41, 5.74) is 2.28. The van der Waals surface area contributed by atoms with Crippen LogP contribution in [-0.2, 0) is 13.1 Å². The molecule has 2 aromatic heterocycles. The fourth-order valence-electron chi connectivity index (χ4n) is 3.21. The first-order chi connectivity index (χ1) is 13.1. The molecular weight excluding hydrogens is 344 g/mol. The second-order valence-corrected chi connectivity index (χ2v) is 6.58. The van der Waals surface area contributed by atoms with Gasteiger partial charge in [0.2, 0.25) is 0 Å². The predicted octanol–water partition coefficient (Wildman–Crippen LogP) is 3.08. The molecule has 3 heterocycles. The minimum Gasteiger partial charge on any atom is -0.459 e. The first-order valence-electron chi connectivity index (χ1n) is 8.88. The van der Waals surface area contributed by atoms with Crippen LogP contribution in [0.5, 0.6) is 0 Å². The first-order valence-corrected chi connectivity index (χ1v) is 8.88. The van der Waals surface area contributed by atoms with Gasteiger partial charge in [-0.3, -0.25) is 14.3 Å². The highest BCUT2D eigenvalue weighted by Crippen LogP contribution is 2.20. The van der Waals surface area contributed by atoms with Gasteiger partial charge >= 0.3 is 0 Å². The summed E-state index contributed by atoms with van der Waals surface area (Å²) >= 11 is 0. The normalized spacial score (nSPS) is 13.7. The number of carbonyl (C=O) groups is 2. The van der Waals surface area contributed by atoms with E-state index in [1.165, 1.54) is 6.26 Å². The van der Waals surface area contributed by atoms with Crippen molar-refractivity contribution < 1.29 is 14.0 Å². The highest BCUT2D eigenvalue weighted by Gasteiger charge is 2.25. The van der Waals surface area contributed by atoms with E-state index in [0.29, 0.717) is 36.8 Å². The lowest BCUT2D eigenvalue weighted by Crippen LogP contribution is -2.30. The van der Waals surface area contributed by atoms with Gasteiger partial charge in [0.15, 0.2) is 11.6 Å². The summed E-state index contributed by atoms with van der Waals surface area (Å²) in [4.78, 5) is 26.8. The van der Waals surface area contributed by atoms with Gasteiger partial charge in [-0.25, -0.2) is 0 Å². The van der Waals surface area contributed by atoms with Crippen molar-refractivity contribution in [2.75, 3.05) is 11.9 Å². The molecule has 1 aromatic carbocycles. The molecule has 0 saturated heterocycles. The van der Waals surface area contributed by atoms with E-state index in [1.807, 2.05) is 35.9 Å². The standard InChI is InChI=1S/C20H20N4O3/c1-14-8-11-27-18(14)20(26)23-9-5-10-24-16(13-23)12-17(22-24)21-19(25)15-6-3-2-4-7-15/h2-4,6-8,11-12H,5,9-10,13H2,1H3,(H,21,22,25). The first kappa shape index (κ1) is 17.1. The number of amides is 2. The van der Waals surface area contributed by atoms with Crippen LogP contribution in [0.4, 0.5) is 5.82 Å². The van der Waals surface area contributed by atoms with Crippen molar-refractivity contribution in [2.24, 2.45) is 0 Å². The quantitative estimate of drug-likeness (QED) is 0.774. The zero-order valence-corrected chi connectivity index (χ0v) is 15.0. The van der Waals surface area contributed by atoms with E-state index in [4.69, 9.17) is 4.42 Å². The Kier molecular flexibility index (Phi) is 4.50. The molecule has 0 spiro atoms. The summed E-state index contributed by atoms with van der Waals surface area (Å²) in [6.45, 7) is 3.61. The Balaban J connectivity index is 1.51. The van der Waals surface area contributed by atoms with Gasteiger partial charge in [0.05, 0.1) is 18.5 Å². The molecule has 7 heteroatoms. The van der Waals surface area contributed by atoms with Gasteiger partial charge in [-0.15, -0.1) is 0 Å². The van der Waals surface area contributed by atoms with Crippen LogP contribution in [0.3, 0.4) is 0 Å². The number of aryl methyl sites for hydroxylation is 2. The zero-order valence-electron chi connectivity index (χ0n) is 15.0. The molecule has 0 saturated carbocycles. The van der Waals surface area contributed by atoms with Gasteiger partial charge in [-0.05, 0) is 31.5 Å². The number of benzene rings is 1. The monoisotopic (exact) mass is 364 g/mol. The van der Waals surface area contributed by atoms with Crippen LogP contribution in [0.1, 0.15) is 38.6 Å². The molecule has 0 aliphatic carbocycles. The van der Waals surface area contributed by atoms with Crippen molar-refractivity contribution in [3.8, 4) is 0 Å². The van der Waals surface area contributed by atoms with Crippen molar-refractivity contribution in [1.29, 1.82) is 0 Å². The number of hydrogen-bond acceptors (Lipinski definition) is 4. The van der Waals surface area contributed by atoms with Crippen LogP contribution in [0, 0.1) is 6.92 Å². The van der Waals surface area contributed by atoms with E-state index in [2.05, 4.69) is 10.4 Å². The topological polar surface area (TPSA) is 80.4 Å². The summed E-state index contributed by atoms with van der Waals surface area (Å²) in [5.74, 6) is 0.535. The largest absolute Gasteiger partial charge is 0.459 e. The summed E-state index contributed by atoms with van der Waals surface area (Å²) in [5, 5.41) is 7.30. The van der Waals surface area contributed by atoms with Crippen LogP contribution in [0.2, 0.25) is 0 Å². The number of furan rings is 1. The van der Waals surface area contributed by atoms with Crippen molar-refractivity contribution >= 4 is 17.6 Å². The molecule has 1 aliphatic rings. The lowest BCUT2D eigenvalue weighted by Gasteiger charge is -2.18. The Morgan fingerprint density at radius 3 is 2.70 bits per heavy atom. The number of hydrogen-bond donors (Lipinski definition) is 1. The molecule has 138 valence electrons. The summed E-state index contributed by atoms with van der Waals surface area (Å²) in [6.07, 6.45) is 2.31. The molecule has 0 fully saturated rings. The van der Waals surface area contributed by atoms with Gasteiger partial charge in [-0.2, -0.15) is 5.10 Å². The van der Waals surface area contributed by atoms with Crippen LogP contribution >= 0.6 is 0 Å².